The van der Waals surface area contributed by atoms with Crippen LogP contribution < -0.4 is 0 Å². The van der Waals surface area contributed by atoms with Gasteiger partial charge in [-0.05, 0) is 6.42 Å². The molecule has 2 aromatic rings. The van der Waals surface area contributed by atoms with Crippen molar-refractivity contribution in [3.63, 3.8) is 0 Å². The first-order valence-electron chi connectivity index (χ1n) is 4.28. The third-order valence-electron chi connectivity index (χ3n) is 1.99. The number of aromatic nitrogens is 3. The van der Waals surface area contributed by atoms with Crippen LogP contribution in [0, 0.1) is 0 Å². The van der Waals surface area contributed by atoms with Gasteiger partial charge in [-0.2, -0.15) is 0 Å². The van der Waals surface area contributed by atoms with Crippen LogP contribution in [0.3, 0.4) is 0 Å². The maximum Gasteiger partial charge on any atom is 0.358 e. The first-order valence-corrected chi connectivity index (χ1v) is 4.28. The lowest BCUT2D eigenvalue weighted by Gasteiger charge is -1.95. The summed E-state index contributed by atoms with van der Waals surface area (Å²) in [6.07, 6.45) is 5.73. The van der Waals surface area contributed by atoms with E-state index in [1.165, 1.54) is 6.20 Å². The van der Waals surface area contributed by atoms with E-state index in [-0.39, 0.29) is 5.69 Å². The Balaban J connectivity index is 2.73. The van der Waals surface area contributed by atoms with E-state index in [1.54, 1.807) is 10.6 Å². The predicted molar refractivity (Wildman–Crippen MR) is 49.3 cm³/mol. The lowest BCUT2D eigenvalue weighted by Crippen LogP contribution is -2.03. The molecule has 0 aliphatic heterocycles. The van der Waals surface area contributed by atoms with E-state index in [1.807, 2.05) is 13.1 Å². The molecule has 0 aliphatic carbocycles. The molecule has 0 fully saturated rings. The molecule has 0 unspecified atom stereocenters. The highest BCUT2D eigenvalue weighted by atomic mass is 16.4. The minimum Gasteiger partial charge on any atom is -0.476 e. The molecule has 0 amide bonds. The monoisotopic (exact) mass is 191 g/mol. The molecule has 0 radical (unpaired) electrons. The number of carboxylic acids is 1. The zero-order chi connectivity index (χ0) is 10.1. The van der Waals surface area contributed by atoms with Crippen molar-refractivity contribution in [3.05, 3.63) is 30.0 Å². The van der Waals surface area contributed by atoms with Gasteiger partial charge < -0.3 is 9.51 Å². The van der Waals surface area contributed by atoms with Crippen LogP contribution in [0.5, 0.6) is 0 Å². The van der Waals surface area contributed by atoms with Gasteiger partial charge in [-0.1, -0.05) is 6.92 Å². The number of fused-ring (bicyclic) bond motifs is 1. The lowest BCUT2D eigenvalue weighted by molar-refractivity contribution is 0.0692. The number of nitrogens with zero attached hydrogens (tertiary/aromatic N) is 3. The van der Waals surface area contributed by atoms with Crippen LogP contribution in [0.1, 0.15) is 23.1 Å². The molecule has 1 N–H and O–H groups in total. The number of carboxylic acid groups (broad SMARTS) is 1. The van der Waals surface area contributed by atoms with E-state index in [4.69, 9.17) is 5.11 Å². The summed E-state index contributed by atoms with van der Waals surface area (Å²) in [5.74, 6) is -1.05. The van der Waals surface area contributed by atoms with Crippen LogP contribution in [-0.4, -0.2) is 25.4 Å². The summed E-state index contributed by atoms with van der Waals surface area (Å²) in [5, 5.41) is 8.85. The fourth-order valence-electron chi connectivity index (χ4n) is 1.29. The summed E-state index contributed by atoms with van der Waals surface area (Å²) >= 11 is 0. The van der Waals surface area contributed by atoms with E-state index in [2.05, 4.69) is 9.97 Å². The summed E-state index contributed by atoms with van der Waals surface area (Å²) < 4.78 is 1.68. The van der Waals surface area contributed by atoms with Gasteiger partial charge in [0.25, 0.3) is 0 Å². The topological polar surface area (TPSA) is 67.5 Å². The van der Waals surface area contributed by atoms with Gasteiger partial charge in [0.1, 0.15) is 0 Å². The molecule has 0 saturated carbocycles. The molecule has 5 nitrogen and oxygen atoms in total. The Labute approximate surface area is 80.0 Å². The highest BCUT2D eigenvalue weighted by molar-refractivity contribution is 5.91. The van der Waals surface area contributed by atoms with E-state index in [0.717, 1.165) is 12.1 Å². The van der Waals surface area contributed by atoms with Crippen LogP contribution in [0.15, 0.2) is 18.6 Å². The molecule has 0 atom stereocenters. The minimum absolute atomic E-state index is 0.00722. The number of aromatic carboxylic acids is 1. The highest BCUT2D eigenvalue weighted by Gasteiger charge is 2.12. The third-order valence-corrected chi connectivity index (χ3v) is 1.99. The van der Waals surface area contributed by atoms with Gasteiger partial charge in [0, 0.05) is 18.6 Å². The SMILES string of the molecule is CCc1cn2ccnc(C(=O)O)c2n1. The van der Waals surface area contributed by atoms with E-state index in [9.17, 15) is 4.79 Å². The molecule has 0 spiro atoms. The maximum atomic E-state index is 10.8. The quantitative estimate of drug-likeness (QED) is 0.768. The fourth-order valence-corrected chi connectivity index (χ4v) is 1.29. The molecule has 2 aromatic heterocycles. The summed E-state index contributed by atoms with van der Waals surface area (Å²) in [5.41, 5.74) is 1.25. The lowest BCUT2D eigenvalue weighted by atomic mass is 10.4. The fraction of sp³-hybridized carbons (Fsp3) is 0.222. The van der Waals surface area contributed by atoms with Crippen LogP contribution in [0.25, 0.3) is 5.65 Å². The average molecular weight is 191 g/mol. The van der Waals surface area contributed by atoms with Gasteiger partial charge in [-0.15, -0.1) is 0 Å². The molecule has 72 valence electrons. The summed E-state index contributed by atoms with van der Waals surface area (Å²) in [6, 6.07) is 0. The van der Waals surface area contributed by atoms with E-state index < -0.39 is 5.97 Å². The van der Waals surface area contributed by atoms with Gasteiger partial charge in [-0.25, -0.2) is 14.8 Å². The summed E-state index contributed by atoms with van der Waals surface area (Å²) in [6.45, 7) is 1.97. The number of imidazole rings is 1. The number of aryl methyl sites for hydroxylation is 1. The van der Waals surface area contributed by atoms with Crippen molar-refractivity contribution in [2.24, 2.45) is 0 Å². The van der Waals surface area contributed by atoms with Crippen molar-refractivity contribution >= 4 is 11.6 Å². The second-order valence-corrected chi connectivity index (χ2v) is 2.90. The number of rotatable bonds is 2. The Morgan fingerprint density at radius 1 is 1.64 bits per heavy atom. The molecule has 0 saturated heterocycles. The second-order valence-electron chi connectivity index (χ2n) is 2.90. The van der Waals surface area contributed by atoms with Crippen LogP contribution in [0.2, 0.25) is 0 Å². The second kappa shape index (κ2) is 3.10. The van der Waals surface area contributed by atoms with Crippen LogP contribution in [0.4, 0.5) is 0 Å². The van der Waals surface area contributed by atoms with Crippen molar-refractivity contribution in [3.8, 4) is 0 Å². The molecular formula is C9H9N3O2. The average Bonchev–Trinajstić information content (AvgIpc) is 2.59. The van der Waals surface area contributed by atoms with Crippen molar-refractivity contribution in [2.45, 2.75) is 13.3 Å². The standard InChI is InChI=1S/C9H9N3O2/c1-2-6-5-12-4-3-10-7(9(13)14)8(12)11-6/h3-5H,2H2,1H3,(H,13,14). The molecule has 5 heteroatoms. The van der Waals surface area contributed by atoms with Gasteiger partial charge >= 0.3 is 5.97 Å². The van der Waals surface area contributed by atoms with Gasteiger partial charge in [0.2, 0.25) is 0 Å². The largest absolute Gasteiger partial charge is 0.476 e. The number of hydrogen-bond acceptors (Lipinski definition) is 3. The number of carbonyl (C=O) groups is 1. The van der Waals surface area contributed by atoms with E-state index >= 15 is 0 Å². The van der Waals surface area contributed by atoms with Crippen molar-refractivity contribution in [1.29, 1.82) is 0 Å². The molecule has 2 rings (SSSR count). The molecule has 2 heterocycles. The van der Waals surface area contributed by atoms with Gasteiger partial charge in [-0.3, -0.25) is 0 Å². The van der Waals surface area contributed by atoms with Crippen LogP contribution in [-0.2, 0) is 6.42 Å². The zero-order valence-electron chi connectivity index (χ0n) is 7.64. The van der Waals surface area contributed by atoms with E-state index in [0.29, 0.717) is 5.65 Å². The smallest absolute Gasteiger partial charge is 0.358 e. The Hall–Kier alpha value is -1.91. The Morgan fingerprint density at radius 3 is 3.07 bits per heavy atom. The first kappa shape index (κ1) is 8.68. The molecule has 0 aliphatic rings. The molecule has 14 heavy (non-hydrogen) atoms. The van der Waals surface area contributed by atoms with Crippen molar-refractivity contribution in [2.75, 3.05) is 0 Å². The molecular weight excluding hydrogens is 182 g/mol. The first-order chi connectivity index (χ1) is 6.72. The maximum absolute atomic E-state index is 10.8. The Bertz CT molecular complexity index is 490. The van der Waals surface area contributed by atoms with Crippen molar-refractivity contribution in [1.82, 2.24) is 14.4 Å². The predicted octanol–water partition coefficient (Wildman–Crippen LogP) is 0.990. The Morgan fingerprint density at radius 2 is 2.43 bits per heavy atom. The molecule has 0 aromatic carbocycles. The number of hydrogen-bond donors (Lipinski definition) is 1. The summed E-state index contributed by atoms with van der Waals surface area (Å²) in [4.78, 5) is 18.7. The minimum atomic E-state index is -1.05. The summed E-state index contributed by atoms with van der Waals surface area (Å²) in [7, 11) is 0. The normalized spacial score (nSPS) is 10.6. The van der Waals surface area contributed by atoms with Crippen LogP contribution >= 0.6 is 0 Å². The van der Waals surface area contributed by atoms with Crippen molar-refractivity contribution < 1.29 is 9.90 Å². The van der Waals surface area contributed by atoms with Gasteiger partial charge in [0.05, 0.1) is 5.69 Å². The Kier molecular flexibility index (Phi) is 1.92. The third kappa shape index (κ3) is 1.22. The van der Waals surface area contributed by atoms with Gasteiger partial charge in [0.15, 0.2) is 11.3 Å². The highest BCUT2D eigenvalue weighted by Crippen LogP contribution is 2.08. The zero-order valence-corrected chi connectivity index (χ0v) is 7.64. The molecule has 0 bridgehead atoms.